The van der Waals surface area contributed by atoms with E-state index >= 15 is 0 Å². The van der Waals surface area contributed by atoms with Gasteiger partial charge in [-0.1, -0.05) is 31.4 Å². The van der Waals surface area contributed by atoms with E-state index in [-0.39, 0.29) is 24.0 Å². The highest BCUT2D eigenvalue weighted by molar-refractivity contribution is 6.35. The van der Waals surface area contributed by atoms with Crippen molar-refractivity contribution in [3.05, 3.63) is 35.5 Å². The van der Waals surface area contributed by atoms with Crippen molar-refractivity contribution < 1.29 is 19.1 Å². The predicted molar refractivity (Wildman–Crippen MR) is 110 cm³/mol. The summed E-state index contributed by atoms with van der Waals surface area (Å²) in [6, 6.07) is 7.55. The molecule has 0 aromatic heterocycles. The van der Waals surface area contributed by atoms with Crippen molar-refractivity contribution in [3.63, 3.8) is 0 Å². The molecule has 0 bridgehead atoms. The van der Waals surface area contributed by atoms with Gasteiger partial charge in [0.25, 0.3) is 11.8 Å². The topological polar surface area (TPSA) is 59.1 Å². The Balaban J connectivity index is 1.70. The molecule has 0 N–H and O–H groups in total. The Bertz CT molecular complexity index is 788. The molecule has 1 aromatic carbocycles. The van der Waals surface area contributed by atoms with E-state index in [2.05, 4.69) is 0 Å². The maximum absolute atomic E-state index is 13.5. The number of ether oxygens (including phenoxy) is 2. The van der Waals surface area contributed by atoms with E-state index in [1.165, 1.54) is 11.3 Å². The fraction of sp³-hybridized carbons (Fsp3) is 0.565. The summed E-state index contributed by atoms with van der Waals surface area (Å²) in [5.41, 5.74) is 1.85. The fourth-order valence-electron chi connectivity index (χ4n) is 4.52. The highest BCUT2D eigenvalue weighted by Crippen LogP contribution is 2.36. The van der Waals surface area contributed by atoms with Crippen LogP contribution in [0.2, 0.25) is 0 Å². The molecule has 2 heterocycles. The summed E-state index contributed by atoms with van der Waals surface area (Å²) in [6.45, 7) is 6.36. The molecule has 1 saturated carbocycles. The van der Waals surface area contributed by atoms with Crippen molar-refractivity contribution >= 4 is 17.4 Å². The quantitative estimate of drug-likeness (QED) is 0.713. The molecule has 2 aliphatic heterocycles. The third-order valence-corrected chi connectivity index (χ3v) is 5.87. The lowest BCUT2D eigenvalue weighted by Crippen LogP contribution is -2.45. The third kappa shape index (κ3) is 4.04. The highest BCUT2D eigenvalue weighted by atomic mass is 16.5. The third-order valence-electron chi connectivity index (χ3n) is 5.87. The minimum atomic E-state index is -0.152. The Morgan fingerprint density at radius 3 is 2.24 bits per heavy atom. The first-order chi connectivity index (χ1) is 14.1. The van der Waals surface area contributed by atoms with E-state index in [9.17, 15) is 9.59 Å². The normalized spacial score (nSPS) is 21.5. The second kappa shape index (κ2) is 8.57. The van der Waals surface area contributed by atoms with Crippen LogP contribution in [0.1, 0.15) is 51.5 Å². The summed E-state index contributed by atoms with van der Waals surface area (Å²) in [5, 5.41) is 0. The minimum Gasteiger partial charge on any atom is -0.491 e. The molecule has 0 spiro atoms. The van der Waals surface area contributed by atoms with Gasteiger partial charge in [-0.05, 0) is 44.4 Å². The molecule has 1 aromatic rings. The first kappa shape index (κ1) is 20.0. The number of amides is 2. The first-order valence-electron chi connectivity index (χ1n) is 10.8. The summed E-state index contributed by atoms with van der Waals surface area (Å²) in [7, 11) is 0. The fourth-order valence-corrected chi connectivity index (χ4v) is 4.52. The van der Waals surface area contributed by atoms with Crippen LogP contribution in [-0.4, -0.2) is 60.1 Å². The van der Waals surface area contributed by atoms with Crippen LogP contribution < -0.4 is 4.74 Å². The molecular formula is C23H30N2O4. The molecule has 0 unspecified atom stereocenters. The Kier molecular flexibility index (Phi) is 5.90. The summed E-state index contributed by atoms with van der Waals surface area (Å²) in [5.74, 6) is 0.473. The standard InChI is InChI=1S/C23H30N2O4/c1-16(2)29-19-10-8-17(9-11-19)20-21(24-12-14-28-15-13-24)23(27)25(22(20)26)18-6-4-3-5-7-18/h8-11,16,18H,3-7,12-15H2,1-2H3. The predicted octanol–water partition coefficient (Wildman–Crippen LogP) is 3.22. The van der Waals surface area contributed by atoms with Crippen molar-refractivity contribution in [2.75, 3.05) is 26.3 Å². The average Bonchev–Trinajstić information content (AvgIpc) is 2.99. The minimum absolute atomic E-state index is 0.0147. The van der Waals surface area contributed by atoms with Crippen molar-refractivity contribution in [2.24, 2.45) is 0 Å². The zero-order chi connectivity index (χ0) is 20.4. The van der Waals surface area contributed by atoms with Gasteiger partial charge < -0.3 is 14.4 Å². The zero-order valence-electron chi connectivity index (χ0n) is 17.4. The van der Waals surface area contributed by atoms with Crippen LogP contribution in [0, 0.1) is 0 Å². The number of rotatable bonds is 5. The van der Waals surface area contributed by atoms with Crippen LogP contribution in [-0.2, 0) is 14.3 Å². The molecule has 1 saturated heterocycles. The molecule has 156 valence electrons. The summed E-state index contributed by atoms with van der Waals surface area (Å²) in [6.07, 6.45) is 5.22. The van der Waals surface area contributed by atoms with Gasteiger partial charge in [0.2, 0.25) is 0 Å². The largest absolute Gasteiger partial charge is 0.491 e. The molecule has 6 heteroatoms. The molecule has 3 aliphatic rings. The van der Waals surface area contributed by atoms with Gasteiger partial charge in [0.05, 0.1) is 24.9 Å². The van der Waals surface area contributed by atoms with Crippen LogP contribution in [0.4, 0.5) is 0 Å². The molecule has 0 atom stereocenters. The Labute approximate surface area is 172 Å². The molecule has 6 nitrogen and oxygen atoms in total. The monoisotopic (exact) mass is 398 g/mol. The lowest BCUT2D eigenvalue weighted by atomic mass is 9.94. The summed E-state index contributed by atoms with van der Waals surface area (Å²) < 4.78 is 11.2. The van der Waals surface area contributed by atoms with E-state index < -0.39 is 0 Å². The van der Waals surface area contributed by atoms with Crippen molar-refractivity contribution in [3.8, 4) is 5.75 Å². The number of morpholine rings is 1. The number of benzene rings is 1. The first-order valence-corrected chi connectivity index (χ1v) is 10.8. The van der Waals surface area contributed by atoms with Crippen LogP contribution in [0.25, 0.3) is 5.57 Å². The molecular weight excluding hydrogens is 368 g/mol. The second-order valence-electron chi connectivity index (χ2n) is 8.29. The maximum atomic E-state index is 13.5. The van der Waals surface area contributed by atoms with Crippen LogP contribution in [0.5, 0.6) is 5.75 Å². The van der Waals surface area contributed by atoms with Crippen LogP contribution in [0.15, 0.2) is 30.0 Å². The van der Waals surface area contributed by atoms with Crippen molar-refractivity contribution in [2.45, 2.75) is 58.1 Å². The smallest absolute Gasteiger partial charge is 0.278 e. The van der Waals surface area contributed by atoms with Gasteiger partial charge in [-0.25, -0.2) is 0 Å². The molecule has 2 amide bonds. The molecule has 1 aliphatic carbocycles. The SMILES string of the molecule is CC(C)Oc1ccc(C2=C(N3CCOCC3)C(=O)N(C3CCCCC3)C2=O)cc1. The Hall–Kier alpha value is -2.34. The van der Waals surface area contributed by atoms with Gasteiger partial charge in [-0.2, -0.15) is 0 Å². The van der Waals surface area contributed by atoms with E-state index in [0.717, 1.165) is 37.0 Å². The molecule has 4 rings (SSSR count). The number of hydrogen-bond donors (Lipinski definition) is 0. The van der Waals surface area contributed by atoms with E-state index in [1.807, 2.05) is 43.0 Å². The van der Waals surface area contributed by atoms with Crippen molar-refractivity contribution in [1.82, 2.24) is 9.80 Å². The molecule has 0 radical (unpaired) electrons. The van der Waals surface area contributed by atoms with Gasteiger partial charge >= 0.3 is 0 Å². The number of nitrogens with zero attached hydrogens (tertiary/aromatic N) is 2. The zero-order valence-corrected chi connectivity index (χ0v) is 17.4. The van der Waals surface area contributed by atoms with Crippen molar-refractivity contribution in [1.29, 1.82) is 0 Å². The number of hydrogen-bond acceptors (Lipinski definition) is 5. The summed E-state index contributed by atoms with van der Waals surface area (Å²) >= 11 is 0. The van der Waals surface area contributed by atoms with Gasteiger partial charge in [-0.3, -0.25) is 14.5 Å². The maximum Gasteiger partial charge on any atom is 0.278 e. The highest BCUT2D eigenvalue weighted by Gasteiger charge is 2.45. The van der Waals surface area contributed by atoms with Gasteiger partial charge in [0, 0.05) is 19.1 Å². The van der Waals surface area contributed by atoms with E-state index in [4.69, 9.17) is 9.47 Å². The Morgan fingerprint density at radius 2 is 1.62 bits per heavy atom. The van der Waals surface area contributed by atoms with Crippen LogP contribution >= 0.6 is 0 Å². The Morgan fingerprint density at radius 1 is 0.966 bits per heavy atom. The second-order valence-corrected chi connectivity index (χ2v) is 8.29. The lowest BCUT2D eigenvalue weighted by molar-refractivity contribution is -0.141. The number of carbonyl (C=O) groups is 2. The van der Waals surface area contributed by atoms with Gasteiger partial charge in [0.15, 0.2) is 0 Å². The molecule has 2 fully saturated rings. The molecule has 29 heavy (non-hydrogen) atoms. The van der Waals surface area contributed by atoms with E-state index in [0.29, 0.717) is 37.6 Å². The number of imide groups is 1. The lowest BCUT2D eigenvalue weighted by Gasteiger charge is -2.32. The van der Waals surface area contributed by atoms with Gasteiger partial charge in [-0.15, -0.1) is 0 Å². The van der Waals surface area contributed by atoms with Crippen LogP contribution in [0.3, 0.4) is 0 Å². The van der Waals surface area contributed by atoms with E-state index in [1.54, 1.807) is 0 Å². The average molecular weight is 399 g/mol. The summed E-state index contributed by atoms with van der Waals surface area (Å²) in [4.78, 5) is 30.5. The number of carbonyl (C=O) groups excluding carboxylic acids is 2. The van der Waals surface area contributed by atoms with Gasteiger partial charge in [0.1, 0.15) is 11.4 Å².